The van der Waals surface area contributed by atoms with E-state index in [4.69, 9.17) is 17.3 Å². The molecule has 0 spiro atoms. The molecule has 1 aromatic carbocycles. The molecule has 2 rings (SSSR count). The predicted octanol–water partition coefficient (Wildman–Crippen LogP) is 3.23. The lowest BCUT2D eigenvalue weighted by Gasteiger charge is -2.13. The lowest BCUT2D eigenvalue weighted by atomic mass is 10.0. The van der Waals surface area contributed by atoms with E-state index < -0.39 is 0 Å². The van der Waals surface area contributed by atoms with Crippen LogP contribution in [0.15, 0.2) is 24.3 Å². The van der Waals surface area contributed by atoms with Gasteiger partial charge in [0.05, 0.1) is 16.4 Å². The molecule has 0 aliphatic rings. The highest BCUT2D eigenvalue weighted by molar-refractivity contribution is 14.1. The maximum Gasteiger partial charge on any atom is 0.0847 e. The quantitative estimate of drug-likeness (QED) is 0.837. The van der Waals surface area contributed by atoms with Crippen molar-refractivity contribution < 1.29 is 0 Å². The van der Waals surface area contributed by atoms with E-state index in [1.165, 1.54) is 3.57 Å². The maximum atomic E-state index is 6.24. The third-order valence-corrected chi connectivity index (χ3v) is 4.11. The van der Waals surface area contributed by atoms with Crippen molar-refractivity contribution in [3.63, 3.8) is 0 Å². The number of hydrogen-bond donors (Lipinski definition) is 1. The lowest BCUT2D eigenvalue weighted by molar-refractivity contribution is 0.639. The topological polar surface area (TPSA) is 43.8 Å². The maximum absolute atomic E-state index is 6.24. The number of aryl methyl sites for hydroxylation is 2. The molecule has 0 aliphatic carbocycles. The zero-order valence-electron chi connectivity index (χ0n) is 10.3. The van der Waals surface area contributed by atoms with Crippen LogP contribution in [0.5, 0.6) is 0 Å². The van der Waals surface area contributed by atoms with E-state index in [0.29, 0.717) is 6.42 Å². The van der Waals surface area contributed by atoms with Gasteiger partial charge in [0, 0.05) is 23.1 Å². The van der Waals surface area contributed by atoms with Crippen LogP contribution in [0.1, 0.15) is 23.0 Å². The average molecular weight is 376 g/mol. The van der Waals surface area contributed by atoms with Crippen molar-refractivity contribution in [2.24, 2.45) is 12.8 Å². The molecule has 1 heterocycles. The molecule has 18 heavy (non-hydrogen) atoms. The van der Waals surface area contributed by atoms with Crippen molar-refractivity contribution >= 4 is 34.2 Å². The minimum Gasteiger partial charge on any atom is -0.324 e. The summed E-state index contributed by atoms with van der Waals surface area (Å²) in [7, 11) is 1.90. The van der Waals surface area contributed by atoms with Crippen LogP contribution in [0.3, 0.4) is 0 Å². The Kier molecular flexibility index (Phi) is 4.29. The molecule has 0 amide bonds. The fourth-order valence-corrected chi connectivity index (χ4v) is 2.77. The van der Waals surface area contributed by atoms with Crippen molar-refractivity contribution in [2.75, 3.05) is 0 Å². The van der Waals surface area contributed by atoms with Crippen molar-refractivity contribution in [2.45, 2.75) is 19.4 Å². The van der Waals surface area contributed by atoms with Crippen LogP contribution in [-0.2, 0) is 13.5 Å². The van der Waals surface area contributed by atoms with Crippen molar-refractivity contribution in [3.05, 3.63) is 49.8 Å². The Morgan fingerprint density at radius 1 is 1.50 bits per heavy atom. The van der Waals surface area contributed by atoms with Crippen LogP contribution in [0.2, 0.25) is 5.02 Å². The standard InChI is InChI=1S/C13H15ClIN3/c1-8-13(14)12(18(2)17-8)7-11(16)9-4-3-5-10(15)6-9/h3-6,11H,7,16H2,1-2H3. The van der Waals surface area contributed by atoms with Crippen LogP contribution in [0.25, 0.3) is 0 Å². The van der Waals surface area contributed by atoms with Crippen molar-refractivity contribution in [1.29, 1.82) is 0 Å². The first-order valence-electron chi connectivity index (χ1n) is 5.68. The average Bonchev–Trinajstić information content (AvgIpc) is 2.56. The Hall–Kier alpha value is -0.590. The molecule has 3 nitrogen and oxygen atoms in total. The van der Waals surface area contributed by atoms with Crippen molar-refractivity contribution in [1.82, 2.24) is 9.78 Å². The van der Waals surface area contributed by atoms with Gasteiger partial charge in [0.1, 0.15) is 0 Å². The van der Waals surface area contributed by atoms with Gasteiger partial charge in [-0.15, -0.1) is 0 Å². The molecular weight excluding hydrogens is 361 g/mol. The van der Waals surface area contributed by atoms with Gasteiger partial charge in [-0.3, -0.25) is 4.68 Å². The molecule has 5 heteroatoms. The molecule has 0 radical (unpaired) electrons. The van der Waals surface area contributed by atoms with E-state index in [-0.39, 0.29) is 6.04 Å². The number of halogens is 2. The van der Waals surface area contributed by atoms with Gasteiger partial charge in [0.25, 0.3) is 0 Å². The summed E-state index contributed by atoms with van der Waals surface area (Å²) in [6.45, 7) is 1.91. The van der Waals surface area contributed by atoms with Gasteiger partial charge in [0.2, 0.25) is 0 Å². The first kappa shape index (κ1) is 13.8. The molecule has 1 aromatic heterocycles. The molecule has 0 bridgehead atoms. The fourth-order valence-electron chi connectivity index (χ4n) is 1.97. The predicted molar refractivity (Wildman–Crippen MR) is 82.7 cm³/mol. The first-order chi connectivity index (χ1) is 8.49. The molecule has 0 saturated heterocycles. The summed E-state index contributed by atoms with van der Waals surface area (Å²) in [5.74, 6) is 0. The molecule has 2 N–H and O–H groups in total. The summed E-state index contributed by atoms with van der Waals surface area (Å²) in [6, 6.07) is 8.16. The second kappa shape index (κ2) is 5.59. The van der Waals surface area contributed by atoms with Crippen LogP contribution in [-0.4, -0.2) is 9.78 Å². The Morgan fingerprint density at radius 2 is 2.22 bits per heavy atom. The minimum absolute atomic E-state index is 0.0629. The summed E-state index contributed by atoms with van der Waals surface area (Å²) < 4.78 is 3.00. The number of nitrogens with two attached hydrogens (primary N) is 1. The fraction of sp³-hybridized carbons (Fsp3) is 0.308. The molecular formula is C13H15ClIN3. The number of hydrogen-bond acceptors (Lipinski definition) is 2. The molecule has 0 aliphatic heterocycles. The first-order valence-corrected chi connectivity index (χ1v) is 7.13. The SMILES string of the molecule is Cc1nn(C)c(CC(N)c2cccc(I)c2)c1Cl. The monoisotopic (exact) mass is 375 g/mol. The molecule has 1 unspecified atom stereocenters. The molecule has 0 fully saturated rings. The van der Waals surface area contributed by atoms with Crippen LogP contribution < -0.4 is 5.73 Å². The number of rotatable bonds is 3. The van der Waals surface area contributed by atoms with E-state index in [1.54, 1.807) is 0 Å². The Labute approximate surface area is 125 Å². The Morgan fingerprint density at radius 3 is 2.78 bits per heavy atom. The highest BCUT2D eigenvalue weighted by Gasteiger charge is 2.15. The molecule has 0 saturated carbocycles. The summed E-state index contributed by atoms with van der Waals surface area (Å²) in [5.41, 5.74) is 9.20. The smallest absolute Gasteiger partial charge is 0.0847 e. The second-order valence-electron chi connectivity index (χ2n) is 4.34. The van der Waals surface area contributed by atoms with E-state index in [9.17, 15) is 0 Å². The minimum atomic E-state index is -0.0629. The highest BCUT2D eigenvalue weighted by Crippen LogP contribution is 2.25. The van der Waals surface area contributed by atoms with E-state index in [1.807, 2.05) is 30.8 Å². The molecule has 2 aromatic rings. The summed E-state index contributed by atoms with van der Waals surface area (Å²) in [4.78, 5) is 0. The van der Waals surface area contributed by atoms with E-state index in [0.717, 1.165) is 22.0 Å². The van der Waals surface area contributed by atoms with E-state index >= 15 is 0 Å². The molecule has 1 atom stereocenters. The zero-order valence-corrected chi connectivity index (χ0v) is 13.2. The highest BCUT2D eigenvalue weighted by atomic mass is 127. The summed E-state index contributed by atoms with van der Waals surface area (Å²) in [6.07, 6.45) is 0.691. The van der Waals surface area contributed by atoms with Crippen LogP contribution >= 0.6 is 34.2 Å². The number of aromatic nitrogens is 2. The third-order valence-electron chi connectivity index (χ3n) is 2.95. The largest absolute Gasteiger partial charge is 0.324 e. The van der Waals surface area contributed by atoms with Gasteiger partial charge < -0.3 is 5.73 Å². The second-order valence-corrected chi connectivity index (χ2v) is 5.96. The molecule has 96 valence electrons. The zero-order chi connectivity index (χ0) is 13.3. The summed E-state index contributed by atoms with van der Waals surface area (Å²) in [5, 5.41) is 5.02. The van der Waals surface area contributed by atoms with Crippen LogP contribution in [0.4, 0.5) is 0 Å². The van der Waals surface area contributed by atoms with Gasteiger partial charge in [0.15, 0.2) is 0 Å². The van der Waals surface area contributed by atoms with E-state index in [2.05, 4.69) is 39.8 Å². The number of benzene rings is 1. The van der Waals surface area contributed by atoms with Crippen molar-refractivity contribution in [3.8, 4) is 0 Å². The normalized spacial score (nSPS) is 12.7. The van der Waals surface area contributed by atoms with Gasteiger partial charge in [-0.25, -0.2) is 0 Å². The van der Waals surface area contributed by atoms with Gasteiger partial charge in [-0.2, -0.15) is 5.10 Å². The van der Waals surface area contributed by atoms with Gasteiger partial charge >= 0.3 is 0 Å². The van der Waals surface area contributed by atoms with Gasteiger partial charge in [-0.05, 0) is 47.2 Å². The number of nitrogens with zero attached hydrogens (tertiary/aromatic N) is 2. The van der Waals surface area contributed by atoms with Crippen LogP contribution in [0, 0.1) is 10.5 Å². The van der Waals surface area contributed by atoms with Gasteiger partial charge in [-0.1, -0.05) is 23.7 Å². The summed E-state index contributed by atoms with van der Waals surface area (Å²) >= 11 is 8.52. The Bertz CT molecular complexity index is 565. The third kappa shape index (κ3) is 2.87. The lowest BCUT2D eigenvalue weighted by Crippen LogP contribution is -2.15. The Balaban J connectivity index is 2.24.